The minimum atomic E-state index is -1.49. The van der Waals surface area contributed by atoms with Gasteiger partial charge < -0.3 is 10.1 Å². The van der Waals surface area contributed by atoms with Crippen LogP contribution in [0.4, 0.5) is 0 Å². The molecule has 0 aromatic heterocycles. The number of halogens is 1. The van der Waals surface area contributed by atoms with Gasteiger partial charge in [0, 0.05) is 10.0 Å². The molecule has 1 amide bonds. The van der Waals surface area contributed by atoms with Gasteiger partial charge in [-0.05, 0) is 65.3 Å². The van der Waals surface area contributed by atoms with Crippen LogP contribution in [0.3, 0.4) is 0 Å². The molecular formula is C20H24BrNO5. The van der Waals surface area contributed by atoms with Crippen LogP contribution in [0.1, 0.15) is 57.5 Å². The van der Waals surface area contributed by atoms with Gasteiger partial charge in [0.1, 0.15) is 11.6 Å². The summed E-state index contributed by atoms with van der Waals surface area (Å²) in [5, 5.41) is 2.45. The summed E-state index contributed by atoms with van der Waals surface area (Å²) in [6.07, 6.45) is 0. The van der Waals surface area contributed by atoms with E-state index in [2.05, 4.69) is 21.2 Å². The zero-order chi connectivity index (χ0) is 20.7. The van der Waals surface area contributed by atoms with Crippen molar-refractivity contribution in [2.24, 2.45) is 5.92 Å². The molecule has 0 radical (unpaired) electrons. The Hall–Kier alpha value is -2.02. The fraction of sp³-hybridized carbons (Fsp3) is 0.500. The van der Waals surface area contributed by atoms with Crippen molar-refractivity contribution in [3.8, 4) is 0 Å². The van der Waals surface area contributed by atoms with Crippen LogP contribution in [0.2, 0.25) is 0 Å². The van der Waals surface area contributed by atoms with Crippen LogP contribution in [0.15, 0.2) is 22.7 Å². The van der Waals surface area contributed by atoms with Gasteiger partial charge in [-0.2, -0.15) is 0 Å². The summed E-state index contributed by atoms with van der Waals surface area (Å²) in [6.45, 7) is 9.97. The first-order valence-corrected chi connectivity index (χ1v) is 9.47. The third-order valence-corrected chi connectivity index (χ3v) is 4.94. The molecule has 6 nitrogen and oxygen atoms in total. The smallest absolute Gasteiger partial charge is 0.328 e. The van der Waals surface area contributed by atoms with Crippen LogP contribution in [0.5, 0.6) is 0 Å². The zero-order valence-corrected chi connectivity index (χ0v) is 17.9. The number of amides is 1. The topological polar surface area (TPSA) is 89.5 Å². The molecule has 0 fully saturated rings. The molecule has 1 aromatic carbocycles. The maximum absolute atomic E-state index is 12.9. The number of rotatable bonds is 3. The summed E-state index contributed by atoms with van der Waals surface area (Å²) < 4.78 is 5.97. The molecule has 1 aliphatic carbocycles. The number of hydrogen-bond donors (Lipinski definition) is 1. The normalized spacial score (nSPS) is 19.9. The summed E-state index contributed by atoms with van der Waals surface area (Å²) in [6, 6.07) is 4.04. The Morgan fingerprint density at radius 1 is 1.22 bits per heavy atom. The Kier molecular flexibility index (Phi) is 5.66. The molecule has 1 aromatic rings. The number of benzene rings is 1. The Labute approximate surface area is 167 Å². The van der Waals surface area contributed by atoms with E-state index in [0.717, 1.165) is 4.47 Å². The van der Waals surface area contributed by atoms with Gasteiger partial charge in [-0.25, -0.2) is 4.79 Å². The minimum absolute atomic E-state index is 0.341. The highest BCUT2D eigenvalue weighted by molar-refractivity contribution is 9.10. The molecule has 0 bridgehead atoms. The monoisotopic (exact) mass is 437 g/mol. The van der Waals surface area contributed by atoms with Gasteiger partial charge in [-0.15, -0.1) is 0 Å². The molecule has 1 aliphatic rings. The number of fused-ring (bicyclic) bond motifs is 1. The Bertz CT molecular complexity index is 822. The first-order valence-electron chi connectivity index (χ1n) is 8.67. The summed E-state index contributed by atoms with van der Waals surface area (Å²) in [7, 11) is 0. The van der Waals surface area contributed by atoms with Gasteiger partial charge in [0.15, 0.2) is 17.5 Å². The summed E-state index contributed by atoms with van der Waals surface area (Å²) in [4.78, 5) is 50.6. The third-order valence-electron chi connectivity index (χ3n) is 4.44. The van der Waals surface area contributed by atoms with Crippen LogP contribution >= 0.6 is 15.9 Å². The molecule has 27 heavy (non-hydrogen) atoms. The number of carbonyl (C=O) groups excluding carboxylic acids is 4. The van der Waals surface area contributed by atoms with E-state index in [1.807, 2.05) is 0 Å². The maximum Gasteiger partial charge on any atom is 0.328 e. The number of ether oxygens (including phenoxy) is 1. The average Bonchev–Trinajstić information content (AvgIpc) is 2.51. The van der Waals surface area contributed by atoms with Crippen LogP contribution < -0.4 is 5.32 Å². The SMILES string of the molecule is C[C@H](NC(=O)C1C(=O)c2ccc(Br)cc2C(C)(C)C1=O)C(=O)OC(C)(C)C. The van der Waals surface area contributed by atoms with Crippen molar-refractivity contribution in [1.29, 1.82) is 0 Å². The molecule has 0 saturated carbocycles. The van der Waals surface area contributed by atoms with Crippen molar-refractivity contribution in [2.45, 2.75) is 58.6 Å². The predicted molar refractivity (Wildman–Crippen MR) is 103 cm³/mol. The van der Waals surface area contributed by atoms with Crippen molar-refractivity contribution in [3.05, 3.63) is 33.8 Å². The molecule has 2 rings (SSSR count). The molecule has 1 N–H and O–H groups in total. The van der Waals surface area contributed by atoms with Gasteiger partial charge >= 0.3 is 5.97 Å². The average molecular weight is 438 g/mol. The lowest BCUT2D eigenvalue weighted by atomic mass is 9.66. The van der Waals surface area contributed by atoms with Crippen molar-refractivity contribution < 1.29 is 23.9 Å². The van der Waals surface area contributed by atoms with E-state index >= 15 is 0 Å². The molecule has 2 atom stereocenters. The molecule has 7 heteroatoms. The van der Waals surface area contributed by atoms with Crippen LogP contribution in [0.25, 0.3) is 0 Å². The molecular weight excluding hydrogens is 414 g/mol. The summed E-state index contributed by atoms with van der Waals surface area (Å²) in [5.41, 5.74) is -0.797. The summed E-state index contributed by atoms with van der Waals surface area (Å²) in [5.74, 6) is -3.96. The molecule has 0 aliphatic heterocycles. The number of hydrogen-bond acceptors (Lipinski definition) is 5. The number of nitrogens with one attached hydrogen (secondary N) is 1. The molecule has 0 spiro atoms. The van der Waals surface area contributed by atoms with Gasteiger partial charge in [0.05, 0.1) is 5.41 Å². The number of esters is 1. The Morgan fingerprint density at radius 3 is 2.37 bits per heavy atom. The van der Waals surface area contributed by atoms with E-state index in [-0.39, 0.29) is 0 Å². The molecule has 0 heterocycles. The van der Waals surface area contributed by atoms with Gasteiger partial charge in [-0.3, -0.25) is 14.4 Å². The van der Waals surface area contributed by atoms with Gasteiger partial charge in [0.25, 0.3) is 0 Å². The highest BCUT2D eigenvalue weighted by atomic mass is 79.9. The van der Waals surface area contributed by atoms with E-state index in [1.165, 1.54) is 6.92 Å². The number of carbonyl (C=O) groups is 4. The fourth-order valence-corrected chi connectivity index (χ4v) is 3.36. The lowest BCUT2D eigenvalue weighted by molar-refractivity contribution is -0.158. The molecule has 0 saturated heterocycles. The fourth-order valence-electron chi connectivity index (χ4n) is 3.00. The van der Waals surface area contributed by atoms with Gasteiger partial charge in [0.2, 0.25) is 5.91 Å². The number of ketones is 2. The van der Waals surface area contributed by atoms with Gasteiger partial charge in [-0.1, -0.05) is 15.9 Å². The van der Waals surface area contributed by atoms with Crippen molar-refractivity contribution in [1.82, 2.24) is 5.32 Å². The van der Waals surface area contributed by atoms with Crippen LogP contribution in [-0.4, -0.2) is 35.1 Å². The van der Waals surface area contributed by atoms with E-state index in [9.17, 15) is 19.2 Å². The highest BCUT2D eigenvalue weighted by Crippen LogP contribution is 2.38. The zero-order valence-electron chi connectivity index (χ0n) is 16.3. The molecule has 146 valence electrons. The maximum atomic E-state index is 12.9. The lowest BCUT2D eigenvalue weighted by Crippen LogP contribution is -2.53. The lowest BCUT2D eigenvalue weighted by Gasteiger charge is -2.34. The summed E-state index contributed by atoms with van der Waals surface area (Å²) >= 11 is 3.35. The van der Waals surface area contributed by atoms with Crippen LogP contribution in [0, 0.1) is 5.92 Å². The van der Waals surface area contributed by atoms with Crippen LogP contribution in [-0.2, 0) is 24.5 Å². The predicted octanol–water partition coefficient (Wildman–Crippen LogP) is 2.95. The molecule has 1 unspecified atom stereocenters. The third kappa shape index (κ3) is 4.29. The second-order valence-electron chi connectivity index (χ2n) is 8.24. The quantitative estimate of drug-likeness (QED) is 0.579. The van der Waals surface area contributed by atoms with E-state index in [1.54, 1.807) is 52.8 Å². The van der Waals surface area contributed by atoms with Crippen molar-refractivity contribution in [2.75, 3.05) is 0 Å². The second kappa shape index (κ2) is 7.19. The van der Waals surface area contributed by atoms with E-state index < -0.39 is 46.4 Å². The van der Waals surface area contributed by atoms with E-state index in [4.69, 9.17) is 4.74 Å². The highest BCUT2D eigenvalue weighted by Gasteiger charge is 2.49. The van der Waals surface area contributed by atoms with Crippen molar-refractivity contribution in [3.63, 3.8) is 0 Å². The Balaban J connectivity index is 2.29. The number of Topliss-reactive ketones (excluding diaryl/α,β-unsaturated/α-hetero) is 2. The Morgan fingerprint density at radius 2 is 1.81 bits per heavy atom. The first-order chi connectivity index (χ1) is 12.3. The van der Waals surface area contributed by atoms with E-state index in [0.29, 0.717) is 11.1 Å². The minimum Gasteiger partial charge on any atom is -0.458 e. The van der Waals surface area contributed by atoms with Crippen molar-refractivity contribution >= 4 is 39.4 Å². The standard InChI is InChI=1S/C20H24BrNO5/c1-10(18(26)27-19(2,3)4)22-17(25)14-15(23)12-8-7-11(21)9-13(12)20(5,6)16(14)24/h7-10,14H,1-6H3,(H,22,25)/t10-,14?/m0/s1. The largest absolute Gasteiger partial charge is 0.458 e. The second-order valence-corrected chi connectivity index (χ2v) is 9.16. The first kappa shape index (κ1) is 21.3.